The summed E-state index contributed by atoms with van der Waals surface area (Å²) in [6.45, 7) is 6.38. The van der Waals surface area contributed by atoms with E-state index in [1.54, 1.807) is 17.0 Å². The molecule has 0 spiro atoms. The fourth-order valence-corrected chi connectivity index (χ4v) is 3.05. The van der Waals surface area contributed by atoms with Crippen molar-refractivity contribution in [2.75, 3.05) is 12.3 Å². The number of anilines is 1. The summed E-state index contributed by atoms with van der Waals surface area (Å²) in [5, 5.41) is 4.82. The summed E-state index contributed by atoms with van der Waals surface area (Å²) in [6, 6.07) is 11.8. The van der Waals surface area contributed by atoms with Crippen LogP contribution in [-0.2, 0) is 17.7 Å². The number of rotatable bonds is 6. The Balaban J connectivity index is 1.69. The second-order valence-corrected chi connectivity index (χ2v) is 8.02. The molecule has 0 saturated heterocycles. The summed E-state index contributed by atoms with van der Waals surface area (Å²) in [5.74, 6) is -0.363. The monoisotopic (exact) mass is 399 g/mol. The Labute approximate surface area is 169 Å². The number of carbonyl (C=O) groups is 1. The van der Waals surface area contributed by atoms with Gasteiger partial charge in [0.2, 0.25) is 0 Å². The lowest BCUT2D eigenvalue weighted by atomic mass is 10.1. The Bertz CT molecular complexity index is 994. The Morgan fingerprint density at radius 1 is 1.24 bits per heavy atom. The van der Waals surface area contributed by atoms with Gasteiger partial charge in [-0.05, 0) is 63.4 Å². The van der Waals surface area contributed by atoms with Gasteiger partial charge in [-0.3, -0.25) is 0 Å². The molecule has 0 saturated carbocycles. The molecule has 0 aliphatic carbocycles. The quantitative estimate of drug-likeness (QED) is 0.595. The summed E-state index contributed by atoms with van der Waals surface area (Å²) >= 11 is 0. The molecule has 2 aromatic carbocycles. The number of aryl methyl sites for hydroxylation is 1. The fourth-order valence-electron chi connectivity index (χ4n) is 3.05. The highest BCUT2D eigenvalue weighted by atomic mass is 19.1. The Morgan fingerprint density at radius 2 is 2.03 bits per heavy atom. The zero-order valence-corrected chi connectivity index (χ0v) is 16.9. The minimum atomic E-state index is -0.586. The van der Waals surface area contributed by atoms with Crippen molar-refractivity contribution in [1.82, 2.24) is 10.1 Å². The first-order chi connectivity index (χ1) is 13.7. The molecule has 1 amide bonds. The highest BCUT2D eigenvalue weighted by Gasteiger charge is 2.22. The van der Waals surface area contributed by atoms with E-state index in [1.165, 1.54) is 12.1 Å². The zero-order chi connectivity index (χ0) is 21.0. The van der Waals surface area contributed by atoms with E-state index in [0.717, 1.165) is 16.6 Å². The molecular formula is C22H26FN3O3. The molecule has 29 heavy (non-hydrogen) atoms. The van der Waals surface area contributed by atoms with Gasteiger partial charge in [0, 0.05) is 30.2 Å². The Kier molecular flexibility index (Phi) is 6.06. The maximum absolute atomic E-state index is 13.3. The lowest BCUT2D eigenvalue weighted by Crippen LogP contribution is -2.37. The van der Waals surface area contributed by atoms with Crippen LogP contribution in [0.2, 0.25) is 0 Å². The van der Waals surface area contributed by atoms with Gasteiger partial charge in [-0.25, -0.2) is 9.18 Å². The molecule has 6 nitrogen and oxygen atoms in total. The third kappa shape index (κ3) is 5.70. The van der Waals surface area contributed by atoms with Crippen LogP contribution < -0.4 is 5.73 Å². The normalized spacial score (nSPS) is 11.6. The lowest BCUT2D eigenvalue weighted by molar-refractivity contribution is 0.0231. The maximum atomic E-state index is 13.3. The van der Waals surface area contributed by atoms with Gasteiger partial charge < -0.3 is 19.9 Å². The number of halogens is 1. The van der Waals surface area contributed by atoms with Gasteiger partial charge in [0.25, 0.3) is 0 Å². The molecule has 3 rings (SSSR count). The highest BCUT2D eigenvalue weighted by molar-refractivity contribution is 5.79. The zero-order valence-electron chi connectivity index (χ0n) is 16.9. The van der Waals surface area contributed by atoms with Crippen LogP contribution in [0, 0.1) is 5.82 Å². The predicted octanol–water partition coefficient (Wildman–Crippen LogP) is 4.92. The number of hydrogen-bond donors (Lipinski definition) is 1. The highest BCUT2D eigenvalue weighted by Crippen LogP contribution is 2.21. The molecule has 0 aliphatic heterocycles. The molecule has 2 N–H and O–H groups in total. The van der Waals surface area contributed by atoms with E-state index in [2.05, 4.69) is 5.16 Å². The van der Waals surface area contributed by atoms with Crippen LogP contribution in [-0.4, -0.2) is 28.3 Å². The fraction of sp³-hybridized carbons (Fsp3) is 0.364. The first-order valence-corrected chi connectivity index (χ1v) is 9.57. The third-order valence-corrected chi connectivity index (χ3v) is 4.33. The molecule has 154 valence electrons. The largest absolute Gasteiger partial charge is 0.444 e. The molecule has 3 aromatic rings. The first-order valence-electron chi connectivity index (χ1n) is 9.57. The van der Waals surface area contributed by atoms with Gasteiger partial charge in [0.15, 0.2) is 5.58 Å². The van der Waals surface area contributed by atoms with Gasteiger partial charge in [-0.1, -0.05) is 17.3 Å². The maximum Gasteiger partial charge on any atom is 0.410 e. The predicted molar refractivity (Wildman–Crippen MR) is 110 cm³/mol. The molecule has 1 heterocycles. The summed E-state index contributed by atoms with van der Waals surface area (Å²) < 4.78 is 24.1. The minimum absolute atomic E-state index is 0.363. The van der Waals surface area contributed by atoms with Crippen molar-refractivity contribution >= 4 is 22.7 Å². The number of carbonyl (C=O) groups excluding carboxylic acids is 1. The van der Waals surface area contributed by atoms with Crippen molar-refractivity contribution in [2.45, 2.75) is 45.8 Å². The summed E-state index contributed by atoms with van der Waals surface area (Å²) in [5.41, 5.74) is 8.01. The number of ether oxygens (including phenoxy) is 1. The van der Waals surface area contributed by atoms with Gasteiger partial charge in [-0.2, -0.15) is 0 Å². The van der Waals surface area contributed by atoms with Crippen molar-refractivity contribution in [2.24, 2.45) is 0 Å². The molecule has 7 heteroatoms. The second kappa shape index (κ2) is 8.51. The van der Waals surface area contributed by atoms with Gasteiger partial charge >= 0.3 is 6.09 Å². The van der Waals surface area contributed by atoms with Crippen LogP contribution in [0.5, 0.6) is 0 Å². The van der Waals surface area contributed by atoms with E-state index in [-0.39, 0.29) is 11.9 Å². The van der Waals surface area contributed by atoms with Crippen LogP contribution in [0.4, 0.5) is 14.9 Å². The molecule has 0 aliphatic rings. The van der Waals surface area contributed by atoms with Crippen molar-refractivity contribution in [1.29, 1.82) is 0 Å². The van der Waals surface area contributed by atoms with Gasteiger partial charge in [0.05, 0.1) is 5.69 Å². The van der Waals surface area contributed by atoms with Crippen molar-refractivity contribution in [3.63, 3.8) is 0 Å². The number of hydrogen-bond acceptors (Lipinski definition) is 5. The molecule has 0 fully saturated rings. The van der Waals surface area contributed by atoms with Gasteiger partial charge in [-0.15, -0.1) is 0 Å². The molecule has 0 unspecified atom stereocenters. The standard InChI is InChI=1S/C22H26FN3O3/c1-22(2,3)28-21(27)26(14-15-6-4-7-17(24)12-15)11-5-8-19-18-10-9-16(23)13-20(18)29-25-19/h4,6-7,9-10,12-13H,5,8,11,14,24H2,1-3H3. The number of nitrogen functional groups attached to an aromatic ring is 1. The average molecular weight is 399 g/mol. The van der Waals surface area contributed by atoms with E-state index in [0.29, 0.717) is 37.2 Å². The van der Waals surface area contributed by atoms with Crippen molar-refractivity contribution in [3.05, 3.63) is 59.5 Å². The average Bonchev–Trinajstić information content (AvgIpc) is 3.01. The van der Waals surface area contributed by atoms with E-state index < -0.39 is 5.60 Å². The van der Waals surface area contributed by atoms with Crippen LogP contribution in [0.25, 0.3) is 11.0 Å². The summed E-state index contributed by atoms with van der Waals surface area (Å²) in [4.78, 5) is 14.3. The molecular weight excluding hydrogens is 373 g/mol. The van der Waals surface area contributed by atoms with E-state index >= 15 is 0 Å². The molecule has 0 atom stereocenters. The number of nitrogens with two attached hydrogens (primary N) is 1. The van der Waals surface area contributed by atoms with Crippen LogP contribution in [0.1, 0.15) is 38.4 Å². The SMILES string of the molecule is CC(C)(C)OC(=O)N(CCCc1noc2cc(F)ccc12)Cc1cccc(N)c1. The molecule has 0 radical (unpaired) electrons. The van der Waals surface area contributed by atoms with Crippen LogP contribution in [0.15, 0.2) is 47.0 Å². The van der Waals surface area contributed by atoms with Crippen molar-refractivity contribution < 1.29 is 18.4 Å². The smallest absolute Gasteiger partial charge is 0.410 e. The van der Waals surface area contributed by atoms with Crippen LogP contribution in [0.3, 0.4) is 0 Å². The Hall–Kier alpha value is -3.09. The number of aromatic nitrogens is 1. The first kappa shape index (κ1) is 20.6. The summed E-state index contributed by atoms with van der Waals surface area (Å²) in [7, 11) is 0. The third-order valence-electron chi connectivity index (χ3n) is 4.33. The summed E-state index contributed by atoms with van der Waals surface area (Å²) in [6.07, 6.45) is 0.863. The van der Waals surface area contributed by atoms with Crippen LogP contribution >= 0.6 is 0 Å². The number of nitrogens with zero attached hydrogens (tertiary/aromatic N) is 2. The number of fused-ring (bicyclic) bond motifs is 1. The second-order valence-electron chi connectivity index (χ2n) is 8.02. The van der Waals surface area contributed by atoms with E-state index in [9.17, 15) is 9.18 Å². The minimum Gasteiger partial charge on any atom is -0.444 e. The molecule has 1 aromatic heterocycles. The topological polar surface area (TPSA) is 81.6 Å². The number of amides is 1. The van der Waals surface area contributed by atoms with E-state index in [4.69, 9.17) is 15.0 Å². The Morgan fingerprint density at radius 3 is 2.76 bits per heavy atom. The lowest BCUT2D eigenvalue weighted by Gasteiger charge is -2.27. The molecule has 0 bridgehead atoms. The van der Waals surface area contributed by atoms with E-state index in [1.807, 2.05) is 39.0 Å². The van der Waals surface area contributed by atoms with Crippen molar-refractivity contribution in [3.8, 4) is 0 Å². The van der Waals surface area contributed by atoms with Gasteiger partial charge in [0.1, 0.15) is 11.4 Å². The number of benzene rings is 2.